The second kappa shape index (κ2) is 10.2. The molecule has 0 aliphatic carbocycles. The molecular formula is C26H25F2N3O4S. The minimum atomic E-state index is -3.72. The zero-order valence-electron chi connectivity index (χ0n) is 19.7. The van der Waals surface area contributed by atoms with Crippen LogP contribution in [0.25, 0.3) is 0 Å². The van der Waals surface area contributed by atoms with Crippen molar-refractivity contribution in [2.45, 2.75) is 24.8 Å². The molecule has 7 nitrogen and oxygen atoms in total. The summed E-state index contributed by atoms with van der Waals surface area (Å²) >= 11 is 0. The highest BCUT2D eigenvalue weighted by Crippen LogP contribution is 2.37. The Kier molecular flexibility index (Phi) is 7.18. The lowest BCUT2D eigenvalue weighted by Crippen LogP contribution is -2.39. The van der Waals surface area contributed by atoms with Crippen molar-refractivity contribution in [1.29, 1.82) is 0 Å². The SMILES string of the molecule is CCN(CC)S(=O)(=O)c1ccc(C(=O)N2CC(=O)Nc3ccc(F)cc3C2c2ccc(F)cc2)cc1. The van der Waals surface area contributed by atoms with E-state index in [4.69, 9.17) is 0 Å². The number of fused-ring (bicyclic) bond motifs is 1. The van der Waals surface area contributed by atoms with Crippen LogP contribution < -0.4 is 5.32 Å². The van der Waals surface area contributed by atoms with Gasteiger partial charge in [0.1, 0.15) is 18.2 Å². The number of hydrogen-bond donors (Lipinski definition) is 1. The largest absolute Gasteiger partial charge is 0.324 e. The van der Waals surface area contributed by atoms with Crippen LogP contribution in [0, 0.1) is 11.6 Å². The van der Waals surface area contributed by atoms with Crippen molar-refractivity contribution < 1.29 is 26.8 Å². The number of anilines is 1. The Morgan fingerprint density at radius 1 is 0.972 bits per heavy atom. The van der Waals surface area contributed by atoms with Crippen LogP contribution in [0.1, 0.15) is 41.4 Å². The zero-order valence-corrected chi connectivity index (χ0v) is 20.6. The monoisotopic (exact) mass is 513 g/mol. The first-order valence-electron chi connectivity index (χ1n) is 11.4. The maximum absolute atomic E-state index is 14.3. The van der Waals surface area contributed by atoms with Crippen LogP contribution in [-0.4, -0.2) is 49.1 Å². The fraction of sp³-hybridized carbons (Fsp3) is 0.231. The van der Waals surface area contributed by atoms with E-state index in [1.165, 1.54) is 75.9 Å². The quantitative estimate of drug-likeness (QED) is 0.536. The van der Waals surface area contributed by atoms with E-state index in [0.717, 1.165) is 0 Å². The standard InChI is InChI=1S/C26H25F2N3O4S/c1-3-30(4-2)36(34,35)21-12-7-18(8-13-21)26(33)31-16-24(32)29-23-14-11-20(28)15-22(23)25(31)17-5-9-19(27)10-6-17/h5-15,25H,3-4,16H2,1-2H3,(H,29,32). The Balaban J connectivity index is 1.78. The van der Waals surface area contributed by atoms with E-state index in [0.29, 0.717) is 29.9 Å². The lowest BCUT2D eigenvalue weighted by molar-refractivity contribution is -0.117. The second-order valence-electron chi connectivity index (χ2n) is 8.28. The maximum atomic E-state index is 14.3. The van der Waals surface area contributed by atoms with Gasteiger partial charge in [-0.1, -0.05) is 26.0 Å². The normalized spacial score (nSPS) is 15.9. The van der Waals surface area contributed by atoms with Crippen LogP contribution in [0.5, 0.6) is 0 Å². The molecule has 0 saturated carbocycles. The Morgan fingerprint density at radius 2 is 1.58 bits per heavy atom. The predicted octanol–water partition coefficient (Wildman–Crippen LogP) is 4.18. The zero-order chi connectivity index (χ0) is 26.0. The summed E-state index contributed by atoms with van der Waals surface area (Å²) in [6.45, 7) is 3.73. The number of nitrogens with zero attached hydrogens (tertiary/aromatic N) is 2. The number of carbonyl (C=O) groups excluding carboxylic acids is 2. The first-order valence-corrected chi connectivity index (χ1v) is 12.9. The van der Waals surface area contributed by atoms with E-state index in [1.54, 1.807) is 13.8 Å². The molecule has 1 unspecified atom stereocenters. The molecule has 2 amide bonds. The smallest absolute Gasteiger partial charge is 0.255 e. The van der Waals surface area contributed by atoms with Gasteiger partial charge >= 0.3 is 0 Å². The Hall–Kier alpha value is -3.63. The number of sulfonamides is 1. The number of hydrogen-bond acceptors (Lipinski definition) is 4. The molecule has 0 bridgehead atoms. The van der Waals surface area contributed by atoms with Crippen molar-refractivity contribution in [3.8, 4) is 0 Å². The Morgan fingerprint density at radius 3 is 2.19 bits per heavy atom. The number of halogens is 2. The molecule has 0 saturated heterocycles. The maximum Gasteiger partial charge on any atom is 0.255 e. The van der Waals surface area contributed by atoms with Crippen molar-refractivity contribution in [2.75, 3.05) is 25.0 Å². The predicted molar refractivity (Wildman–Crippen MR) is 131 cm³/mol. The number of amides is 2. The summed E-state index contributed by atoms with van der Waals surface area (Å²) < 4.78 is 54.9. The van der Waals surface area contributed by atoms with Crippen LogP contribution >= 0.6 is 0 Å². The molecule has 188 valence electrons. The minimum absolute atomic E-state index is 0.0406. The first kappa shape index (κ1) is 25.5. The highest BCUT2D eigenvalue weighted by Gasteiger charge is 2.34. The van der Waals surface area contributed by atoms with Gasteiger partial charge < -0.3 is 10.2 Å². The van der Waals surface area contributed by atoms with Gasteiger partial charge in [0.25, 0.3) is 5.91 Å². The van der Waals surface area contributed by atoms with Crippen molar-refractivity contribution in [3.63, 3.8) is 0 Å². The molecule has 1 aliphatic heterocycles. The van der Waals surface area contributed by atoms with Crippen LogP contribution in [-0.2, 0) is 14.8 Å². The fourth-order valence-corrected chi connectivity index (χ4v) is 5.78. The van der Waals surface area contributed by atoms with Gasteiger partial charge in [0.2, 0.25) is 15.9 Å². The lowest BCUT2D eigenvalue weighted by atomic mass is 9.95. The average molecular weight is 514 g/mol. The van der Waals surface area contributed by atoms with Gasteiger partial charge in [-0.15, -0.1) is 0 Å². The summed E-state index contributed by atoms with van der Waals surface area (Å²) in [7, 11) is -3.72. The summed E-state index contributed by atoms with van der Waals surface area (Å²) in [5, 5.41) is 2.69. The Labute approximate surface area is 208 Å². The topological polar surface area (TPSA) is 86.8 Å². The van der Waals surface area contributed by atoms with Gasteiger partial charge in [0.15, 0.2) is 0 Å². The summed E-state index contributed by atoms with van der Waals surface area (Å²) in [6.07, 6.45) is 0. The molecule has 36 heavy (non-hydrogen) atoms. The van der Waals surface area contributed by atoms with E-state index < -0.39 is 39.5 Å². The van der Waals surface area contributed by atoms with Gasteiger partial charge in [-0.05, 0) is 60.2 Å². The number of rotatable bonds is 6. The highest BCUT2D eigenvalue weighted by atomic mass is 32.2. The molecule has 0 spiro atoms. The van der Waals surface area contributed by atoms with Gasteiger partial charge in [0.05, 0.1) is 10.9 Å². The van der Waals surface area contributed by atoms with Gasteiger partial charge in [-0.3, -0.25) is 9.59 Å². The van der Waals surface area contributed by atoms with Crippen molar-refractivity contribution in [1.82, 2.24) is 9.21 Å². The van der Waals surface area contributed by atoms with E-state index in [-0.39, 0.29) is 17.0 Å². The van der Waals surface area contributed by atoms with Crippen LogP contribution in [0.15, 0.2) is 71.6 Å². The summed E-state index contributed by atoms with van der Waals surface area (Å²) in [4.78, 5) is 27.7. The molecule has 3 aromatic rings. The third kappa shape index (κ3) is 4.87. The van der Waals surface area contributed by atoms with E-state index in [9.17, 15) is 26.8 Å². The Bertz CT molecular complexity index is 1390. The first-order chi connectivity index (χ1) is 17.1. The molecule has 4 rings (SSSR count). The van der Waals surface area contributed by atoms with Crippen molar-refractivity contribution in [3.05, 3.63) is 95.1 Å². The van der Waals surface area contributed by atoms with Crippen molar-refractivity contribution >= 4 is 27.5 Å². The number of benzene rings is 3. The van der Waals surface area contributed by atoms with Crippen LogP contribution in [0.4, 0.5) is 14.5 Å². The summed E-state index contributed by atoms with van der Waals surface area (Å²) in [5.74, 6) is -2.09. The summed E-state index contributed by atoms with van der Waals surface area (Å²) in [6, 6.07) is 13.8. The molecule has 1 aliphatic rings. The number of nitrogens with one attached hydrogen (secondary N) is 1. The molecule has 3 aromatic carbocycles. The highest BCUT2D eigenvalue weighted by molar-refractivity contribution is 7.89. The summed E-state index contributed by atoms with van der Waals surface area (Å²) in [5.41, 5.74) is 1.30. The molecule has 1 heterocycles. The van der Waals surface area contributed by atoms with Crippen molar-refractivity contribution in [2.24, 2.45) is 0 Å². The third-order valence-electron chi connectivity index (χ3n) is 6.10. The van der Waals surface area contributed by atoms with Crippen LogP contribution in [0.2, 0.25) is 0 Å². The minimum Gasteiger partial charge on any atom is -0.324 e. The van der Waals surface area contributed by atoms with E-state index in [1.807, 2.05) is 0 Å². The lowest BCUT2D eigenvalue weighted by Gasteiger charge is -2.30. The second-order valence-corrected chi connectivity index (χ2v) is 10.2. The number of carbonyl (C=O) groups is 2. The molecule has 1 atom stereocenters. The molecule has 1 N–H and O–H groups in total. The third-order valence-corrected chi connectivity index (χ3v) is 8.16. The van der Waals surface area contributed by atoms with E-state index >= 15 is 0 Å². The average Bonchev–Trinajstić information content (AvgIpc) is 3.00. The van der Waals surface area contributed by atoms with Gasteiger partial charge in [-0.2, -0.15) is 4.31 Å². The molecular weight excluding hydrogens is 488 g/mol. The van der Waals surface area contributed by atoms with Gasteiger partial charge in [-0.25, -0.2) is 17.2 Å². The fourth-order valence-electron chi connectivity index (χ4n) is 4.32. The molecule has 0 radical (unpaired) electrons. The molecule has 0 fully saturated rings. The van der Waals surface area contributed by atoms with E-state index in [2.05, 4.69) is 5.32 Å². The van der Waals surface area contributed by atoms with Crippen LogP contribution in [0.3, 0.4) is 0 Å². The molecule has 10 heteroatoms. The molecule has 0 aromatic heterocycles. The van der Waals surface area contributed by atoms with Gasteiger partial charge in [0, 0.05) is 29.9 Å².